The zero-order chi connectivity index (χ0) is 11.0. The zero-order valence-corrected chi connectivity index (χ0v) is 9.37. The van der Waals surface area contributed by atoms with Crippen molar-refractivity contribution < 1.29 is 9.21 Å². The minimum Gasteiger partial charge on any atom is -0.408 e. The Morgan fingerprint density at radius 2 is 2.27 bits per heavy atom. The van der Waals surface area contributed by atoms with E-state index < -0.39 is 5.76 Å². The summed E-state index contributed by atoms with van der Waals surface area (Å²) >= 11 is 2.75. The first-order valence-electron chi connectivity index (χ1n) is 4.14. The van der Waals surface area contributed by atoms with Gasteiger partial charge in [0.25, 0.3) is 4.82 Å². The van der Waals surface area contributed by atoms with Crippen molar-refractivity contribution in [1.29, 1.82) is 0 Å². The number of carbonyl (C=O) groups is 1. The number of fused-ring (bicyclic) bond motifs is 1. The highest BCUT2D eigenvalue weighted by Gasteiger charge is 2.06. The Bertz CT molecular complexity index is 585. The second-order valence-corrected chi connectivity index (χ2v) is 3.73. The quantitative estimate of drug-likeness (QED) is 0.637. The molecule has 15 heavy (non-hydrogen) atoms. The Kier molecular flexibility index (Phi) is 2.36. The molecule has 1 heterocycles. The Labute approximate surface area is 92.8 Å². The van der Waals surface area contributed by atoms with E-state index in [1.54, 1.807) is 25.2 Å². The summed E-state index contributed by atoms with van der Waals surface area (Å²) in [6.07, 6.45) is 0. The number of carbonyl (C=O) groups excluding carboxylic acids is 1. The van der Waals surface area contributed by atoms with Gasteiger partial charge in [0.05, 0.1) is 5.52 Å². The summed E-state index contributed by atoms with van der Waals surface area (Å²) in [5, 5.41) is 2.53. The van der Waals surface area contributed by atoms with Crippen molar-refractivity contribution in [3.63, 3.8) is 0 Å². The molecule has 1 aromatic heterocycles. The minimum absolute atomic E-state index is 0.347. The molecule has 1 aromatic carbocycles. The van der Waals surface area contributed by atoms with E-state index in [-0.39, 0.29) is 4.82 Å². The number of aryl methyl sites for hydroxylation is 1. The van der Waals surface area contributed by atoms with Crippen LogP contribution >= 0.6 is 15.9 Å². The third-order valence-corrected chi connectivity index (χ3v) is 2.23. The normalized spacial score (nSPS) is 10.5. The Morgan fingerprint density at radius 3 is 2.93 bits per heavy atom. The number of nitrogens with one attached hydrogen (secondary N) is 1. The molecule has 0 unspecified atom stereocenters. The first kappa shape index (κ1) is 9.97. The molecule has 0 radical (unpaired) electrons. The van der Waals surface area contributed by atoms with Gasteiger partial charge in [-0.2, -0.15) is 0 Å². The van der Waals surface area contributed by atoms with Crippen LogP contribution in [0.5, 0.6) is 0 Å². The number of hydrogen-bond acceptors (Lipinski definition) is 3. The van der Waals surface area contributed by atoms with Gasteiger partial charge in [0, 0.05) is 34.7 Å². The van der Waals surface area contributed by atoms with Gasteiger partial charge in [0.1, 0.15) is 0 Å². The number of benzene rings is 1. The molecule has 1 N–H and O–H groups in total. The Balaban J connectivity index is 2.57. The fraction of sp³-hybridized carbons (Fsp3) is 0.111. The van der Waals surface area contributed by atoms with E-state index in [9.17, 15) is 9.59 Å². The molecule has 1 amide bonds. The number of amides is 1. The second kappa shape index (κ2) is 3.54. The third kappa shape index (κ3) is 1.80. The van der Waals surface area contributed by atoms with Gasteiger partial charge in [-0.05, 0) is 12.1 Å². The van der Waals surface area contributed by atoms with Gasteiger partial charge in [0.2, 0.25) is 0 Å². The van der Waals surface area contributed by atoms with E-state index >= 15 is 0 Å². The number of hydrogen-bond donors (Lipinski definition) is 1. The number of anilines is 1. The number of halogens is 1. The number of rotatable bonds is 1. The van der Waals surface area contributed by atoms with Crippen LogP contribution in [-0.4, -0.2) is 9.38 Å². The maximum atomic E-state index is 11.2. The van der Waals surface area contributed by atoms with E-state index in [1.807, 2.05) is 0 Å². The molecular formula is C9H7BrN2O3. The van der Waals surface area contributed by atoms with E-state index in [0.717, 1.165) is 0 Å². The van der Waals surface area contributed by atoms with E-state index in [4.69, 9.17) is 4.42 Å². The fourth-order valence-electron chi connectivity index (χ4n) is 1.33. The lowest BCUT2D eigenvalue weighted by molar-refractivity contribution is 0.270. The third-order valence-electron chi connectivity index (χ3n) is 2.03. The molecule has 0 atom stereocenters. The van der Waals surface area contributed by atoms with Crippen LogP contribution in [0.1, 0.15) is 0 Å². The average Bonchev–Trinajstić information content (AvgIpc) is 2.41. The van der Waals surface area contributed by atoms with Crippen molar-refractivity contribution in [2.75, 3.05) is 5.32 Å². The predicted octanol–water partition coefficient (Wildman–Crippen LogP) is 2.06. The molecule has 2 rings (SSSR count). The highest BCUT2D eigenvalue weighted by Crippen LogP contribution is 2.18. The monoisotopic (exact) mass is 270 g/mol. The summed E-state index contributed by atoms with van der Waals surface area (Å²) in [5.74, 6) is -0.424. The molecule has 0 aliphatic rings. The van der Waals surface area contributed by atoms with E-state index in [2.05, 4.69) is 21.2 Å². The van der Waals surface area contributed by atoms with Crippen molar-refractivity contribution in [2.24, 2.45) is 7.05 Å². The SMILES string of the molecule is Cn1c(=O)oc2cc(NC(=O)Br)ccc21. The molecule has 0 saturated carbocycles. The van der Waals surface area contributed by atoms with Gasteiger partial charge in [0.15, 0.2) is 5.58 Å². The number of nitrogens with zero attached hydrogens (tertiary/aromatic N) is 1. The molecule has 2 aromatic rings. The average molecular weight is 271 g/mol. The summed E-state index contributed by atoms with van der Waals surface area (Å²) in [5.41, 5.74) is 1.70. The molecular weight excluding hydrogens is 264 g/mol. The summed E-state index contributed by atoms with van der Waals surface area (Å²) in [6.45, 7) is 0. The molecule has 0 aliphatic carbocycles. The van der Waals surface area contributed by atoms with E-state index in [1.165, 1.54) is 4.57 Å². The van der Waals surface area contributed by atoms with Crippen LogP contribution < -0.4 is 11.1 Å². The van der Waals surface area contributed by atoms with Crippen molar-refractivity contribution in [2.45, 2.75) is 0 Å². The summed E-state index contributed by atoms with van der Waals surface area (Å²) < 4.78 is 6.36. The van der Waals surface area contributed by atoms with Crippen LogP contribution in [0.2, 0.25) is 0 Å². The Morgan fingerprint density at radius 1 is 1.53 bits per heavy atom. The molecule has 0 fully saturated rings. The topological polar surface area (TPSA) is 64.2 Å². The lowest BCUT2D eigenvalue weighted by atomic mass is 10.3. The van der Waals surface area contributed by atoms with Crippen molar-refractivity contribution >= 4 is 37.5 Å². The number of oxazole rings is 1. The highest BCUT2D eigenvalue weighted by atomic mass is 79.9. The first-order valence-corrected chi connectivity index (χ1v) is 4.93. The molecule has 5 nitrogen and oxygen atoms in total. The van der Waals surface area contributed by atoms with Crippen LogP contribution in [0, 0.1) is 0 Å². The largest absolute Gasteiger partial charge is 0.419 e. The first-order chi connectivity index (χ1) is 7.08. The van der Waals surface area contributed by atoms with Crippen LogP contribution in [0.4, 0.5) is 10.5 Å². The van der Waals surface area contributed by atoms with Crippen LogP contribution in [-0.2, 0) is 7.05 Å². The van der Waals surface area contributed by atoms with Gasteiger partial charge in [-0.15, -0.1) is 0 Å². The molecule has 0 bridgehead atoms. The zero-order valence-electron chi connectivity index (χ0n) is 7.78. The van der Waals surface area contributed by atoms with Crippen LogP contribution in [0.25, 0.3) is 11.1 Å². The van der Waals surface area contributed by atoms with Crippen molar-refractivity contribution in [1.82, 2.24) is 4.57 Å². The molecule has 0 saturated heterocycles. The summed E-state index contributed by atoms with van der Waals surface area (Å²) in [7, 11) is 1.62. The second-order valence-electron chi connectivity index (χ2n) is 3.01. The van der Waals surface area contributed by atoms with Crippen LogP contribution in [0.15, 0.2) is 27.4 Å². The lowest BCUT2D eigenvalue weighted by Gasteiger charge is -1.99. The molecule has 6 heteroatoms. The molecule has 0 aliphatic heterocycles. The molecule has 78 valence electrons. The fourth-order valence-corrected chi connectivity index (χ4v) is 1.55. The van der Waals surface area contributed by atoms with Crippen molar-refractivity contribution in [3.05, 3.63) is 28.7 Å². The highest BCUT2D eigenvalue weighted by molar-refractivity contribution is 9.18. The lowest BCUT2D eigenvalue weighted by Crippen LogP contribution is -2.08. The van der Waals surface area contributed by atoms with Crippen LogP contribution in [0.3, 0.4) is 0 Å². The standard InChI is InChI=1S/C9H7BrN2O3/c1-12-6-3-2-5(11-8(10)13)4-7(6)15-9(12)14/h2-4H,1H3,(H,11,13). The van der Waals surface area contributed by atoms with Crippen molar-refractivity contribution in [3.8, 4) is 0 Å². The van der Waals surface area contributed by atoms with Gasteiger partial charge in [-0.1, -0.05) is 0 Å². The maximum absolute atomic E-state index is 11.2. The van der Waals surface area contributed by atoms with Gasteiger partial charge in [-0.3, -0.25) is 9.36 Å². The van der Waals surface area contributed by atoms with E-state index in [0.29, 0.717) is 16.8 Å². The molecule has 0 spiro atoms. The minimum atomic E-state index is -0.424. The smallest absolute Gasteiger partial charge is 0.408 e. The summed E-state index contributed by atoms with van der Waals surface area (Å²) in [6, 6.07) is 4.99. The van der Waals surface area contributed by atoms with Gasteiger partial charge < -0.3 is 9.73 Å². The van der Waals surface area contributed by atoms with Gasteiger partial charge >= 0.3 is 5.76 Å². The number of aromatic nitrogens is 1. The Hall–Kier alpha value is -1.56. The predicted molar refractivity (Wildman–Crippen MR) is 59.4 cm³/mol. The maximum Gasteiger partial charge on any atom is 0.419 e. The summed E-state index contributed by atoms with van der Waals surface area (Å²) in [4.78, 5) is 21.6. The van der Waals surface area contributed by atoms with Gasteiger partial charge in [-0.25, -0.2) is 4.79 Å².